The molecule has 0 aliphatic carbocycles. The highest BCUT2D eigenvalue weighted by molar-refractivity contribution is 6.29. The number of halogens is 3. The number of fused-ring (bicyclic) bond motifs is 1. The van der Waals surface area contributed by atoms with Crippen LogP contribution in [0.3, 0.4) is 0 Å². The Morgan fingerprint density at radius 2 is 1.67 bits per heavy atom. The highest BCUT2D eigenvalue weighted by Gasteiger charge is 2.28. The van der Waals surface area contributed by atoms with Gasteiger partial charge in [-0.05, 0) is 24.1 Å². The maximum absolute atomic E-state index is 13.2. The van der Waals surface area contributed by atoms with Crippen LogP contribution in [0.4, 0.5) is 0 Å². The summed E-state index contributed by atoms with van der Waals surface area (Å²) in [5.74, 6) is 1.90. The SMILES string of the molecule is C=C(Cl)Cn1nc(C(C)C)c2c1CN=C(Cc1ccc(O)c(CN3CCN(CC)CC3)c1)NC2=O.C=CCCl.C=CCCl.CC. The van der Waals surface area contributed by atoms with Crippen LogP contribution in [0.15, 0.2) is 60.1 Å². The number of hydrogen-bond acceptors (Lipinski definition) is 6. The van der Waals surface area contributed by atoms with Gasteiger partial charge in [-0.25, -0.2) is 0 Å². The Morgan fingerprint density at radius 3 is 2.18 bits per heavy atom. The van der Waals surface area contributed by atoms with Gasteiger partial charge in [0.25, 0.3) is 5.91 Å². The minimum Gasteiger partial charge on any atom is -0.508 e. The molecule has 8 nitrogen and oxygen atoms in total. The van der Waals surface area contributed by atoms with Gasteiger partial charge in [-0.2, -0.15) is 5.10 Å². The first kappa shape index (κ1) is 40.4. The lowest BCUT2D eigenvalue weighted by molar-refractivity contribution is 0.0975. The number of amidine groups is 1. The molecule has 1 fully saturated rings. The van der Waals surface area contributed by atoms with Crippen LogP contribution in [0.2, 0.25) is 0 Å². The molecule has 0 unspecified atom stereocenters. The molecule has 0 radical (unpaired) electrons. The maximum Gasteiger partial charge on any atom is 0.260 e. The minimum absolute atomic E-state index is 0.0831. The highest BCUT2D eigenvalue weighted by Crippen LogP contribution is 2.26. The zero-order valence-corrected chi connectivity index (χ0v) is 29.9. The lowest BCUT2D eigenvalue weighted by atomic mass is 10.0. The fourth-order valence-corrected chi connectivity index (χ4v) is 4.81. The molecule has 0 spiro atoms. The Labute approximate surface area is 285 Å². The average molecular weight is 682 g/mol. The molecule has 45 heavy (non-hydrogen) atoms. The second kappa shape index (κ2) is 22.0. The topological polar surface area (TPSA) is 86.0 Å². The van der Waals surface area contributed by atoms with Crippen molar-refractivity contribution in [1.29, 1.82) is 0 Å². The van der Waals surface area contributed by atoms with Crippen molar-refractivity contribution in [2.45, 2.75) is 66.6 Å². The van der Waals surface area contributed by atoms with Crippen LogP contribution in [-0.2, 0) is 26.1 Å². The molecule has 1 saturated heterocycles. The number of phenols is 1. The highest BCUT2D eigenvalue weighted by atomic mass is 35.5. The summed E-state index contributed by atoms with van der Waals surface area (Å²) in [4.78, 5) is 22.7. The van der Waals surface area contributed by atoms with Gasteiger partial charge in [0.1, 0.15) is 11.6 Å². The van der Waals surface area contributed by atoms with Crippen LogP contribution in [0, 0.1) is 0 Å². The van der Waals surface area contributed by atoms with Crippen LogP contribution >= 0.6 is 34.8 Å². The van der Waals surface area contributed by atoms with Gasteiger partial charge in [-0.15, -0.1) is 36.4 Å². The molecule has 4 rings (SSSR count). The molecule has 0 bridgehead atoms. The summed E-state index contributed by atoms with van der Waals surface area (Å²) in [5.41, 5.74) is 3.96. The Kier molecular flexibility index (Phi) is 19.8. The van der Waals surface area contributed by atoms with Crippen molar-refractivity contribution in [3.05, 3.63) is 83.2 Å². The summed E-state index contributed by atoms with van der Waals surface area (Å²) in [6.07, 6.45) is 3.75. The third-order valence-corrected chi connectivity index (χ3v) is 7.45. The van der Waals surface area contributed by atoms with Gasteiger partial charge >= 0.3 is 0 Å². The Morgan fingerprint density at radius 1 is 1.09 bits per heavy atom. The Hall–Kier alpha value is -2.62. The number of allylic oxidation sites excluding steroid dienone is 3. The van der Waals surface area contributed by atoms with Crippen molar-refractivity contribution in [3.63, 3.8) is 0 Å². The van der Waals surface area contributed by atoms with E-state index in [-0.39, 0.29) is 11.8 Å². The number of piperazine rings is 1. The van der Waals surface area contributed by atoms with E-state index in [1.54, 1.807) is 22.9 Å². The van der Waals surface area contributed by atoms with Crippen molar-refractivity contribution in [3.8, 4) is 5.75 Å². The smallest absolute Gasteiger partial charge is 0.260 e. The standard InChI is InChI=1S/C26H35ClN6O2.2C3H5Cl.C2H6/c1-5-31-8-10-32(11-9-31)16-20-12-19(6-7-22(20)34)13-23-28-14-21-24(26(35)29-23)25(17(2)3)30-33(21)15-18(4)27;2*1-2-3-4;1-2/h6-7,12,17,34H,4-5,8-11,13-16H2,1-3H3,(H,28,29,35);2*2H,1,3H2;1-2H3. The van der Waals surface area contributed by atoms with Gasteiger partial charge in [-0.3, -0.25) is 19.4 Å². The van der Waals surface area contributed by atoms with Crippen LogP contribution in [-0.4, -0.2) is 80.9 Å². The number of alkyl halides is 2. The fraction of sp³-hybridized carbons (Fsp3) is 0.500. The van der Waals surface area contributed by atoms with Crippen molar-refractivity contribution < 1.29 is 9.90 Å². The number of aliphatic imine (C=N–C) groups is 1. The van der Waals surface area contributed by atoms with Crippen LogP contribution in [0.5, 0.6) is 5.75 Å². The summed E-state index contributed by atoms with van der Waals surface area (Å²) < 4.78 is 1.74. The average Bonchev–Trinajstić information content (AvgIpc) is 3.32. The molecule has 2 aliphatic heterocycles. The number of phenolic OH excluding ortho intramolecular Hbond substituents is 1. The molecule has 3 heterocycles. The van der Waals surface area contributed by atoms with Gasteiger partial charge in [-0.1, -0.05) is 77.1 Å². The lowest BCUT2D eigenvalue weighted by Crippen LogP contribution is -2.45. The lowest BCUT2D eigenvalue weighted by Gasteiger charge is -2.34. The van der Waals surface area contributed by atoms with Crippen molar-refractivity contribution in [2.75, 3.05) is 44.5 Å². The first-order chi connectivity index (χ1) is 21.6. The number of likely N-dealkylation sites (N-methyl/N-ethyl adjacent to an activating group) is 1. The van der Waals surface area contributed by atoms with Crippen molar-refractivity contribution in [2.24, 2.45) is 4.99 Å². The van der Waals surface area contributed by atoms with Crippen LogP contribution in [0.1, 0.15) is 73.4 Å². The number of aromatic nitrogens is 2. The summed E-state index contributed by atoms with van der Waals surface area (Å²) in [6.45, 7) is 27.2. The summed E-state index contributed by atoms with van der Waals surface area (Å²) in [5, 5.41) is 18.5. The number of hydrogen-bond donors (Lipinski definition) is 2. The molecule has 0 atom stereocenters. The maximum atomic E-state index is 13.2. The third-order valence-electron chi connectivity index (χ3n) is 6.90. The van der Waals surface area contributed by atoms with E-state index >= 15 is 0 Å². The van der Waals surface area contributed by atoms with E-state index in [1.807, 2.05) is 39.8 Å². The van der Waals surface area contributed by atoms with E-state index in [2.05, 4.69) is 46.9 Å². The van der Waals surface area contributed by atoms with Gasteiger partial charge in [0.2, 0.25) is 0 Å². The number of nitrogens with one attached hydrogen (secondary N) is 1. The predicted octanol–water partition coefficient (Wildman–Crippen LogP) is 7.34. The van der Waals surface area contributed by atoms with Crippen molar-refractivity contribution >= 4 is 46.5 Å². The second-order valence-corrected chi connectivity index (χ2v) is 11.6. The molecule has 2 N–H and O–H groups in total. The number of aromatic hydroxyl groups is 1. The van der Waals surface area contributed by atoms with Crippen molar-refractivity contribution in [1.82, 2.24) is 24.9 Å². The molecule has 1 amide bonds. The number of amides is 1. The molecule has 1 aromatic heterocycles. The molecule has 0 saturated carbocycles. The van der Waals surface area contributed by atoms with E-state index in [0.717, 1.165) is 55.2 Å². The number of rotatable bonds is 10. The summed E-state index contributed by atoms with van der Waals surface area (Å²) >= 11 is 16.2. The Bertz CT molecular complexity index is 1260. The van der Waals surface area contributed by atoms with Crippen LogP contribution < -0.4 is 5.32 Å². The normalized spacial score (nSPS) is 14.6. The van der Waals surface area contributed by atoms with E-state index < -0.39 is 0 Å². The van der Waals surface area contributed by atoms with Gasteiger partial charge in [0, 0.05) is 61.5 Å². The molecular weight excluding hydrogens is 631 g/mol. The molecular formula is C34H51Cl3N6O2. The first-order valence-corrected chi connectivity index (χ1v) is 16.9. The van der Waals surface area contributed by atoms with E-state index in [1.165, 1.54) is 0 Å². The zero-order chi connectivity index (χ0) is 33.9. The Balaban J connectivity index is 0.000000893. The molecule has 2 aromatic rings. The number of benzene rings is 1. The van der Waals surface area contributed by atoms with E-state index in [4.69, 9.17) is 39.8 Å². The zero-order valence-electron chi connectivity index (χ0n) is 27.6. The monoisotopic (exact) mass is 680 g/mol. The third kappa shape index (κ3) is 13.3. The summed E-state index contributed by atoms with van der Waals surface area (Å²) in [6, 6.07) is 5.65. The van der Waals surface area contributed by atoms with E-state index in [9.17, 15) is 9.90 Å². The quantitative estimate of drug-likeness (QED) is 0.203. The first-order valence-electron chi connectivity index (χ1n) is 15.4. The second-order valence-electron chi connectivity index (χ2n) is 10.5. The largest absolute Gasteiger partial charge is 0.508 e. The van der Waals surface area contributed by atoms with E-state index in [0.29, 0.717) is 60.0 Å². The molecule has 2 aliphatic rings. The number of nitrogens with zero attached hydrogens (tertiary/aromatic N) is 5. The number of carbonyl (C=O) groups excluding carboxylic acids is 1. The fourth-order valence-electron chi connectivity index (χ4n) is 4.70. The minimum atomic E-state index is -0.195. The van der Waals surface area contributed by atoms with Gasteiger partial charge in [0.15, 0.2) is 0 Å². The molecule has 250 valence electrons. The predicted molar refractivity (Wildman–Crippen MR) is 192 cm³/mol. The van der Waals surface area contributed by atoms with Gasteiger partial charge in [0.05, 0.1) is 30.0 Å². The number of carbonyl (C=O) groups is 1. The van der Waals surface area contributed by atoms with Crippen LogP contribution in [0.25, 0.3) is 0 Å². The van der Waals surface area contributed by atoms with Gasteiger partial charge < -0.3 is 15.3 Å². The summed E-state index contributed by atoms with van der Waals surface area (Å²) in [7, 11) is 0. The molecule has 11 heteroatoms. The molecule has 1 aromatic carbocycles.